The van der Waals surface area contributed by atoms with E-state index < -0.39 is 10.0 Å². The number of hydrogen-bond donors (Lipinski definition) is 2. The van der Waals surface area contributed by atoms with Gasteiger partial charge in [0.15, 0.2) is 5.82 Å². The first-order valence-electron chi connectivity index (χ1n) is 6.27. The Bertz CT molecular complexity index is 697. The van der Waals surface area contributed by atoms with E-state index in [0.717, 1.165) is 24.2 Å². The second-order valence-corrected chi connectivity index (χ2v) is 6.26. The van der Waals surface area contributed by atoms with Crippen molar-refractivity contribution in [3.8, 4) is 0 Å². The van der Waals surface area contributed by atoms with E-state index in [1.807, 2.05) is 6.07 Å². The molecule has 0 saturated carbocycles. The Morgan fingerprint density at radius 2 is 2.30 bits per heavy atom. The molecule has 0 amide bonds. The molecule has 2 heterocycles. The Hall–Kier alpha value is -1.93. The summed E-state index contributed by atoms with van der Waals surface area (Å²) in [6, 6.07) is 5.14. The van der Waals surface area contributed by atoms with Gasteiger partial charge in [-0.15, -0.1) is 0 Å². The van der Waals surface area contributed by atoms with Crippen molar-refractivity contribution < 1.29 is 12.9 Å². The van der Waals surface area contributed by atoms with Gasteiger partial charge in [0.1, 0.15) is 0 Å². The number of benzene rings is 1. The fraction of sp³-hybridized carbons (Fsp3) is 0.333. The Balaban J connectivity index is 1.68. The predicted molar refractivity (Wildman–Crippen MR) is 71.8 cm³/mol. The van der Waals surface area contributed by atoms with E-state index >= 15 is 0 Å². The quantitative estimate of drug-likeness (QED) is 0.836. The normalized spacial score (nSPS) is 14.0. The maximum Gasteiger partial charge on any atom is 0.240 e. The van der Waals surface area contributed by atoms with Gasteiger partial charge in [0.05, 0.1) is 4.90 Å². The van der Waals surface area contributed by atoms with Gasteiger partial charge in [-0.25, -0.2) is 13.1 Å². The highest BCUT2D eigenvalue weighted by Crippen LogP contribution is 2.25. The zero-order valence-corrected chi connectivity index (χ0v) is 11.5. The second-order valence-electron chi connectivity index (χ2n) is 4.49. The van der Waals surface area contributed by atoms with Crippen LogP contribution in [0.25, 0.3) is 0 Å². The Morgan fingerprint density at radius 1 is 1.40 bits per heavy atom. The Morgan fingerprint density at radius 3 is 3.10 bits per heavy atom. The first kappa shape index (κ1) is 13.1. The molecule has 8 heteroatoms. The molecule has 1 aliphatic rings. The van der Waals surface area contributed by atoms with Gasteiger partial charge < -0.3 is 9.84 Å². The minimum atomic E-state index is -3.51. The summed E-state index contributed by atoms with van der Waals surface area (Å²) in [6.07, 6.45) is 2.54. The molecular formula is C12H14N4O3S. The zero-order chi connectivity index (χ0) is 14.0. The molecule has 2 aromatic rings. The number of nitrogens with zero attached hydrogens (tertiary/aromatic N) is 2. The molecular weight excluding hydrogens is 280 g/mol. The zero-order valence-electron chi connectivity index (χ0n) is 10.7. The van der Waals surface area contributed by atoms with Gasteiger partial charge in [0.2, 0.25) is 16.4 Å². The first-order chi connectivity index (χ1) is 9.65. The molecule has 1 aromatic carbocycles. The number of nitrogens with one attached hydrogen (secondary N) is 2. The van der Waals surface area contributed by atoms with Crippen LogP contribution < -0.4 is 10.0 Å². The van der Waals surface area contributed by atoms with Gasteiger partial charge in [-0.2, -0.15) is 4.98 Å². The highest BCUT2D eigenvalue weighted by molar-refractivity contribution is 7.89. The van der Waals surface area contributed by atoms with Crippen molar-refractivity contribution in [1.82, 2.24) is 14.9 Å². The smallest absolute Gasteiger partial charge is 0.240 e. The molecule has 20 heavy (non-hydrogen) atoms. The van der Waals surface area contributed by atoms with E-state index in [9.17, 15) is 8.42 Å². The van der Waals surface area contributed by atoms with Crippen molar-refractivity contribution in [1.29, 1.82) is 0 Å². The predicted octanol–water partition coefficient (Wildman–Crippen LogP) is 0.559. The molecule has 0 saturated heterocycles. The summed E-state index contributed by atoms with van der Waals surface area (Å²) in [6.45, 7) is 1.08. The summed E-state index contributed by atoms with van der Waals surface area (Å²) in [7, 11) is -3.51. The third-order valence-corrected chi connectivity index (χ3v) is 4.61. The number of fused-ring (bicyclic) bond motifs is 1. The van der Waals surface area contributed by atoms with Gasteiger partial charge in [-0.3, -0.25) is 0 Å². The first-order valence-corrected chi connectivity index (χ1v) is 7.75. The van der Waals surface area contributed by atoms with Crippen LogP contribution in [0.2, 0.25) is 0 Å². The summed E-state index contributed by atoms with van der Waals surface area (Å²) in [5.74, 6) is 0.475. The number of rotatable bonds is 5. The summed E-state index contributed by atoms with van der Waals surface area (Å²) in [4.78, 5) is 4.10. The molecule has 0 radical (unpaired) electrons. The van der Waals surface area contributed by atoms with Gasteiger partial charge in [-0.1, -0.05) is 11.2 Å². The molecule has 0 spiro atoms. The van der Waals surface area contributed by atoms with Crippen molar-refractivity contribution in [2.24, 2.45) is 0 Å². The second kappa shape index (κ2) is 5.22. The lowest BCUT2D eigenvalue weighted by atomic mass is 10.2. The maximum atomic E-state index is 12.2. The van der Waals surface area contributed by atoms with Crippen molar-refractivity contribution in [3.05, 3.63) is 36.0 Å². The molecule has 2 N–H and O–H groups in total. The fourth-order valence-electron chi connectivity index (χ4n) is 2.12. The summed E-state index contributed by atoms with van der Waals surface area (Å²) < 4.78 is 31.4. The fourth-order valence-corrected chi connectivity index (χ4v) is 3.18. The molecule has 106 valence electrons. The lowest BCUT2D eigenvalue weighted by molar-refractivity contribution is 0.410. The van der Waals surface area contributed by atoms with Crippen LogP contribution >= 0.6 is 0 Å². The van der Waals surface area contributed by atoms with Crippen molar-refractivity contribution >= 4 is 15.7 Å². The van der Waals surface area contributed by atoms with Crippen LogP contribution in [0.1, 0.15) is 11.4 Å². The Kier molecular flexibility index (Phi) is 3.41. The summed E-state index contributed by atoms with van der Waals surface area (Å²) in [5.41, 5.74) is 2.04. The van der Waals surface area contributed by atoms with Crippen LogP contribution in [-0.2, 0) is 22.9 Å². The molecule has 0 aliphatic carbocycles. The molecule has 1 aliphatic heterocycles. The number of anilines is 1. The summed E-state index contributed by atoms with van der Waals surface area (Å²) >= 11 is 0. The van der Waals surface area contributed by atoms with Crippen molar-refractivity contribution in [2.75, 3.05) is 18.4 Å². The topological polar surface area (TPSA) is 97.1 Å². The van der Waals surface area contributed by atoms with Gasteiger partial charge in [0, 0.05) is 25.2 Å². The number of sulfonamides is 1. The van der Waals surface area contributed by atoms with Crippen LogP contribution in [0.4, 0.5) is 5.69 Å². The largest absolute Gasteiger partial charge is 0.384 e. The Labute approximate surface area is 116 Å². The van der Waals surface area contributed by atoms with Crippen LogP contribution in [0, 0.1) is 0 Å². The molecule has 1 aromatic heterocycles. The average Bonchev–Trinajstić information content (AvgIpc) is 3.08. The van der Waals surface area contributed by atoms with Crippen LogP contribution in [0.3, 0.4) is 0 Å². The SMILES string of the molecule is O=S(=O)(NCCc1ncon1)c1ccc2c(c1)NCC2. The molecule has 0 fully saturated rings. The third kappa shape index (κ3) is 2.66. The third-order valence-electron chi connectivity index (χ3n) is 3.15. The van der Waals surface area contributed by atoms with E-state index in [1.54, 1.807) is 12.1 Å². The molecule has 0 unspecified atom stereocenters. The summed E-state index contributed by atoms with van der Waals surface area (Å²) in [5, 5.41) is 6.79. The number of aromatic nitrogens is 2. The van der Waals surface area contributed by atoms with Crippen molar-refractivity contribution in [2.45, 2.75) is 17.7 Å². The lowest BCUT2D eigenvalue weighted by Crippen LogP contribution is -2.26. The van der Waals surface area contributed by atoms with Crippen LogP contribution in [-0.4, -0.2) is 31.6 Å². The highest BCUT2D eigenvalue weighted by Gasteiger charge is 2.18. The molecule has 7 nitrogen and oxygen atoms in total. The minimum absolute atomic E-state index is 0.229. The molecule has 3 rings (SSSR count). The van der Waals surface area contributed by atoms with Crippen molar-refractivity contribution in [3.63, 3.8) is 0 Å². The highest BCUT2D eigenvalue weighted by atomic mass is 32.2. The number of hydrogen-bond acceptors (Lipinski definition) is 6. The van der Waals surface area contributed by atoms with Gasteiger partial charge >= 0.3 is 0 Å². The van der Waals surface area contributed by atoms with E-state index in [-0.39, 0.29) is 11.4 Å². The average molecular weight is 294 g/mol. The standard InChI is InChI=1S/C12H14N4O3S/c17-20(18,15-6-4-12-14-8-19-16-12)10-2-1-9-3-5-13-11(9)7-10/h1-2,7-8,13,15H,3-6H2. The van der Waals surface area contributed by atoms with Crippen LogP contribution in [0.15, 0.2) is 34.0 Å². The van der Waals surface area contributed by atoms with Crippen LogP contribution in [0.5, 0.6) is 0 Å². The maximum absolute atomic E-state index is 12.2. The van der Waals surface area contributed by atoms with E-state index in [0.29, 0.717) is 12.2 Å². The lowest BCUT2D eigenvalue weighted by Gasteiger charge is -2.07. The molecule has 0 atom stereocenters. The minimum Gasteiger partial charge on any atom is -0.384 e. The van der Waals surface area contributed by atoms with Gasteiger partial charge in [0.25, 0.3) is 0 Å². The monoisotopic (exact) mass is 294 g/mol. The van der Waals surface area contributed by atoms with E-state index in [1.165, 1.54) is 6.39 Å². The van der Waals surface area contributed by atoms with E-state index in [4.69, 9.17) is 0 Å². The van der Waals surface area contributed by atoms with E-state index in [2.05, 4.69) is 24.7 Å². The molecule has 0 bridgehead atoms. The van der Waals surface area contributed by atoms with Gasteiger partial charge in [-0.05, 0) is 24.1 Å².